The van der Waals surface area contributed by atoms with E-state index in [0.717, 1.165) is 24.1 Å². The molecule has 3 aromatic carbocycles. The lowest BCUT2D eigenvalue weighted by atomic mass is 9.87. The van der Waals surface area contributed by atoms with Crippen LogP contribution >= 0.6 is 0 Å². The van der Waals surface area contributed by atoms with Crippen LogP contribution in [-0.2, 0) is 0 Å². The number of ketones is 1. The summed E-state index contributed by atoms with van der Waals surface area (Å²) >= 11 is 0. The SMILES string of the molecule is CC1C(=O)c2cc(OC(CCN(C)C)c3ccccc3)ccc2OC1c1ccc2c(c1)OCO2. The van der Waals surface area contributed by atoms with Gasteiger partial charge < -0.3 is 23.8 Å². The minimum atomic E-state index is -0.390. The lowest BCUT2D eigenvalue weighted by Crippen LogP contribution is -2.29. The summed E-state index contributed by atoms with van der Waals surface area (Å²) in [5.41, 5.74) is 2.56. The van der Waals surface area contributed by atoms with Gasteiger partial charge in [0.05, 0.1) is 11.5 Å². The van der Waals surface area contributed by atoms with Gasteiger partial charge in [-0.05, 0) is 55.6 Å². The molecule has 34 heavy (non-hydrogen) atoms. The molecule has 3 atom stereocenters. The Morgan fingerprint density at radius 3 is 2.53 bits per heavy atom. The van der Waals surface area contributed by atoms with Crippen LogP contribution < -0.4 is 18.9 Å². The van der Waals surface area contributed by atoms with Crippen LogP contribution in [0.1, 0.15) is 47.0 Å². The van der Waals surface area contributed by atoms with Crippen molar-refractivity contribution in [1.29, 1.82) is 0 Å². The third-order valence-electron chi connectivity index (χ3n) is 6.35. The van der Waals surface area contributed by atoms with Crippen molar-refractivity contribution in [3.63, 3.8) is 0 Å². The van der Waals surface area contributed by atoms with Crippen LogP contribution in [0.15, 0.2) is 66.7 Å². The van der Waals surface area contributed by atoms with Crippen LogP contribution in [0.2, 0.25) is 0 Å². The highest BCUT2D eigenvalue weighted by Crippen LogP contribution is 2.43. The standard InChI is InChI=1S/C28H29NO5/c1-18-27(30)22-16-21(33-23(13-14-29(2)3)19-7-5-4-6-8-19)10-12-24(22)34-28(18)20-9-11-25-26(15-20)32-17-31-25/h4-12,15-16,18,23,28H,13-14,17H2,1-3H3. The molecule has 0 spiro atoms. The Morgan fingerprint density at radius 1 is 0.971 bits per heavy atom. The zero-order chi connectivity index (χ0) is 23.7. The van der Waals surface area contributed by atoms with E-state index in [2.05, 4.69) is 31.1 Å². The molecule has 176 valence electrons. The first kappa shape index (κ1) is 22.3. The Bertz CT molecular complexity index is 1180. The molecule has 0 amide bonds. The molecule has 6 nitrogen and oxygen atoms in total. The van der Waals surface area contributed by atoms with Crippen molar-refractivity contribution < 1.29 is 23.7 Å². The van der Waals surface area contributed by atoms with Gasteiger partial charge in [0.15, 0.2) is 17.3 Å². The van der Waals surface area contributed by atoms with E-state index in [1.165, 1.54) is 0 Å². The number of hydrogen-bond acceptors (Lipinski definition) is 6. The Balaban J connectivity index is 1.39. The molecule has 0 saturated carbocycles. The Kier molecular flexibility index (Phi) is 6.16. The summed E-state index contributed by atoms with van der Waals surface area (Å²) in [6.45, 7) is 3.00. The summed E-state index contributed by atoms with van der Waals surface area (Å²) in [6.07, 6.45) is 0.333. The van der Waals surface area contributed by atoms with Crippen LogP contribution in [0.4, 0.5) is 0 Å². The molecule has 0 radical (unpaired) electrons. The highest BCUT2D eigenvalue weighted by molar-refractivity contribution is 6.01. The predicted octanol–water partition coefficient (Wildman–Crippen LogP) is 5.44. The van der Waals surface area contributed by atoms with E-state index in [-0.39, 0.29) is 24.6 Å². The molecular formula is C28H29NO5. The molecule has 3 unspecified atom stereocenters. The van der Waals surface area contributed by atoms with Gasteiger partial charge in [-0.1, -0.05) is 43.3 Å². The zero-order valence-electron chi connectivity index (χ0n) is 19.7. The van der Waals surface area contributed by atoms with Gasteiger partial charge in [0.1, 0.15) is 23.7 Å². The average molecular weight is 460 g/mol. The topological polar surface area (TPSA) is 57.2 Å². The molecule has 6 heteroatoms. The zero-order valence-corrected chi connectivity index (χ0v) is 19.7. The number of carbonyl (C=O) groups is 1. The molecule has 0 saturated heterocycles. The maximum atomic E-state index is 13.4. The number of rotatable bonds is 7. The van der Waals surface area contributed by atoms with Crippen molar-refractivity contribution in [1.82, 2.24) is 4.90 Å². The van der Waals surface area contributed by atoms with Crippen LogP contribution in [0.5, 0.6) is 23.0 Å². The van der Waals surface area contributed by atoms with Crippen molar-refractivity contribution in [3.8, 4) is 23.0 Å². The van der Waals surface area contributed by atoms with Gasteiger partial charge in [0.25, 0.3) is 0 Å². The minimum absolute atomic E-state index is 0.0407. The van der Waals surface area contributed by atoms with Crippen LogP contribution in [-0.4, -0.2) is 38.1 Å². The Hall–Kier alpha value is -3.51. The normalized spacial score (nSPS) is 19.5. The molecule has 0 fully saturated rings. The van der Waals surface area contributed by atoms with Crippen molar-refractivity contribution >= 4 is 5.78 Å². The number of ether oxygens (including phenoxy) is 4. The summed E-state index contributed by atoms with van der Waals surface area (Å²) in [7, 11) is 4.10. The van der Waals surface area contributed by atoms with Gasteiger partial charge in [0.2, 0.25) is 6.79 Å². The molecule has 5 rings (SSSR count). The third-order valence-corrected chi connectivity index (χ3v) is 6.35. The predicted molar refractivity (Wildman–Crippen MR) is 129 cm³/mol. The number of carbonyl (C=O) groups excluding carboxylic acids is 1. The van der Waals surface area contributed by atoms with Gasteiger partial charge in [-0.2, -0.15) is 0 Å². The monoisotopic (exact) mass is 459 g/mol. The largest absolute Gasteiger partial charge is 0.486 e. The molecule has 0 aliphatic carbocycles. The first-order valence-electron chi connectivity index (χ1n) is 11.6. The summed E-state index contributed by atoms with van der Waals surface area (Å²) in [6, 6.07) is 21.4. The highest BCUT2D eigenvalue weighted by Gasteiger charge is 2.36. The van der Waals surface area contributed by atoms with E-state index in [1.54, 1.807) is 0 Å². The molecule has 2 aliphatic rings. The smallest absolute Gasteiger partial charge is 0.231 e. The van der Waals surface area contributed by atoms with E-state index in [9.17, 15) is 4.79 Å². The summed E-state index contributed by atoms with van der Waals surface area (Å²) < 4.78 is 23.6. The summed E-state index contributed by atoms with van der Waals surface area (Å²) in [4.78, 5) is 15.5. The number of hydrogen-bond donors (Lipinski definition) is 0. The van der Waals surface area contributed by atoms with Gasteiger partial charge >= 0.3 is 0 Å². The second kappa shape index (κ2) is 9.39. The second-order valence-corrected chi connectivity index (χ2v) is 9.07. The van der Waals surface area contributed by atoms with E-state index in [4.69, 9.17) is 18.9 Å². The fourth-order valence-corrected chi connectivity index (χ4v) is 4.45. The molecule has 0 aromatic heterocycles. The quantitative estimate of drug-likeness (QED) is 0.469. The van der Waals surface area contributed by atoms with Crippen LogP contribution in [0, 0.1) is 5.92 Å². The average Bonchev–Trinajstić information content (AvgIpc) is 3.32. The van der Waals surface area contributed by atoms with Gasteiger partial charge in [-0.25, -0.2) is 0 Å². The second-order valence-electron chi connectivity index (χ2n) is 9.07. The number of Topliss-reactive ketones (excluding diaryl/α,β-unsaturated/α-hetero) is 1. The fraction of sp³-hybridized carbons (Fsp3) is 0.321. The maximum Gasteiger partial charge on any atom is 0.231 e. The van der Waals surface area contributed by atoms with E-state index >= 15 is 0 Å². The van der Waals surface area contributed by atoms with Crippen molar-refractivity contribution in [2.75, 3.05) is 27.4 Å². The highest BCUT2D eigenvalue weighted by atomic mass is 16.7. The Labute approximate surface area is 200 Å². The van der Waals surface area contributed by atoms with E-state index < -0.39 is 6.10 Å². The van der Waals surface area contributed by atoms with Crippen molar-refractivity contribution in [2.45, 2.75) is 25.6 Å². The Morgan fingerprint density at radius 2 is 1.74 bits per heavy atom. The minimum Gasteiger partial charge on any atom is -0.486 e. The van der Waals surface area contributed by atoms with Gasteiger partial charge in [-0.3, -0.25) is 4.79 Å². The first-order chi connectivity index (χ1) is 16.5. The lowest BCUT2D eigenvalue weighted by molar-refractivity contribution is 0.0687. The van der Waals surface area contributed by atoms with Crippen molar-refractivity contribution in [2.24, 2.45) is 5.92 Å². The molecule has 0 bridgehead atoms. The fourth-order valence-electron chi connectivity index (χ4n) is 4.45. The van der Waals surface area contributed by atoms with E-state index in [0.29, 0.717) is 28.6 Å². The summed E-state index contributed by atoms with van der Waals surface area (Å²) in [5, 5.41) is 0. The van der Waals surface area contributed by atoms with Crippen LogP contribution in [0.25, 0.3) is 0 Å². The van der Waals surface area contributed by atoms with Gasteiger partial charge in [-0.15, -0.1) is 0 Å². The summed E-state index contributed by atoms with van der Waals surface area (Å²) in [5.74, 6) is 2.32. The molecule has 2 aliphatic heterocycles. The molecule has 3 aromatic rings. The lowest BCUT2D eigenvalue weighted by Gasteiger charge is -2.31. The van der Waals surface area contributed by atoms with Crippen LogP contribution in [0.3, 0.4) is 0 Å². The number of benzene rings is 3. The molecule has 0 N–H and O–H groups in total. The molecule has 2 heterocycles. The third kappa shape index (κ3) is 4.46. The maximum absolute atomic E-state index is 13.4. The van der Waals surface area contributed by atoms with Crippen molar-refractivity contribution in [3.05, 3.63) is 83.4 Å². The molecular weight excluding hydrogens is 430 g/mol. The van der Waals surface area contributed by atoms with E-state index in [1.807, 2.05) is 61.5 Å². The first-order valence-corrected chi connectivity index (χ1v) is 11.6. The van der Waals surface area contributed by atoms with Gasteiger partial charge in [0, 0.05) is 13.0 Å². The number of fused-ring (bicyclic) bond motifs is 2. The number of nitrogens with zero attached hydrogens (tertiary/aromatic N) is 1.